The van der Waals surface area contributed by atoms with Crippen LogP contribution in [0.15, 0.2) is 169 Å². The monoisotopic (exact) mass is 568 g/mol. The summed E-state index contributed by atoms with van der Waals surface area (Å²) in [5, 5.41) is 0. The van der Waals surface area contributed by atoms with E-state index in [0.717, 1.165) is 31.4 Å². The van der Waals surface area contributed by atoms with Gasteiger partial charge in [0.05, 0.1) is 0 Å². The van der Waals surface area contributed by atoms with Crippen LogP contribution in [0.3, 0.4) is 0 Å². The maximum Gasteiger partial charge on any atom is 0.146 e. The van der Waals surface area contributed by atoms with Gasteiger partial charge in [0, 0.05) is 5.56 Å². The lowest BCUT2D eigenvalue weighted by atomic mass is 9.80. The highest BCUT2D eigenvalue weighted by Gasteiger charge is 2.32. The second kappa shape index (κ2) is 13.0. The quantitative estimate of drug-likeness (QED) is 0.169. The number of ether oxygens (including phenoxy) is 1. The first-order valence-electron chi connectivity index (χ1n) is 15.6. The topological polar surface area (TPSA) is 9.23 Å². The van der Waals surface area contributed by atoms with Crippen LogP contribution in [0.2, 0.25) is 0 Å². The summed E-state index contributed by atoms with van der Waals surface area (Å²) in [4.78, 5) is 0. The summed E-state index contributed by atoms with van der Waals surface area (Å²) in [6.45, 7) is 0. The van der Waals surface area contributed by atoms with E-state index in [2.05, 4.69) is 164 Å². The number of fused-ring (bicyclic) bond motifs is 1. The van der Waals surface area contributed by atoms with Crippen molar-refractivity contribution in [3.63, 3.8) is 0 Å². The zero-order valence-electron chi connectivity index (χ0n) is 24.9. The molecule has 44 heavy (non-hydrogen) atoms. The second-order valence-corrected chi connectivity index (χ2v) is 11.7. The highest BCUT2D eigenvalue weighted by atomic mass is 16.5. The van der Waals surface area contributed by atoms with Crippen LogP contribution < -0.4 is 4.74 Å². The van der Waals surface area contributed by atoms with Crippen LogP contribution in [0, 0.1) is 0 Å². The molecule has 7 rings (SSSR count). The molecule has 1 aliphatic heterocycles. The molecule has 1 heterocycles. The van der Waals surface area contributed by atoms with Crippen LogP contribution in [-0.2, 0) is 25.7 Å². The molecule has 1 nitrogen and oxygen atoms in total. The van der Waals surface area contributed by atoms with E-state index in [1.165, 1.54) is 55.7 Å². The summed E-state index contributed by atoms with van der Waals surface area (Å²) < 4.78 is 7.17. The average molecular weight is 569 g/mol. The fourth-order valence-electron chi connectivity index (χ4n) is 6.49. The van der Waals surface area contributed by atoms with Crippen molar-refractivity contribution in [3.8, 4) is 5.75 Å². The highest BCUT2D eigenvalue weighted by molar-refractivity contribution is 5.81. The SMILES string of the molecule is c1ccc(CC2=C(Cc3ccccc3)C(c3ccccc3)Oc3cc(Cc4ccccc4)cc(Cc4ccccc4)c32)cc1. The minimum atomic E-state index is -0.167. The Bertz CT molecular complexity index is 1840. The molecule has 0 amide bonds. The molecule has 214 valence electrons. The zero-order valence-corrected chi connectivity index (χ0v) is 24.9. The van der Waals surface area contributed by atoms with Crippen molar-refractivity contribution in [1.82, 2.24) is 0 Å². The van der Waals surface area contributed by atoms with E-state index in [9.17, 15) is 0 Å². The van der Waals surface area contributed by atoms with Crippen LogP contribution in [0.1, 0.15) is 50.6 Å². The molecular formula is C43H36O. The molecule has 0 fully saturated rings. The van der Waals surface area contributed by atoms with E-state index < -0.39 is 0 Å². The Hall–Kier alpha value is -5.14. The molecule has 1 aliphatic rings. The first-order chi connectivity index (χ1) is 21.8. The van der Waals surface area contributed by atoms with Gasteiger partial charge in [0.2, 0.25) is 0 Å². The van der Waals surface area contributed by atoms with Gasteiger partial charge in [-0.2, -0.15) is 0 Å². The van der Waals surface area contributed by atoms with E-state index in [0.29, 0.717) is 0 Å². The predicted octanol–water partition coefficient (Wildman–Crippen LogP) is 10.2. The van der Waals surface area contributed by atoms with Crippen molar-refractivity contribution in [2.24, 2.45) is 0 Å². The molecule has 0 N–H and O–H groups in total. The predicted molar refractivity (Wildman–Crippen MR) is 182 cm³/mol. The third-order valence-electron chi connectivity index (χ3n) is 8.55. The van der Waals surface area contributed by atoms with E-state index in [4.69, 9.17) is 4.74 Å². The molecule has 6 aromatic carbocycles. The third kappa shape index (κ3) is 6.28. The molecule has 0 aliphatic carbocycles. The van der Waals surface area contributed by atoms with Gasteiger partial charge in [-0.1, -0.05) is 158 Å². The standard InChI is InChI=1S/C43H36O/c1-6-16-32(17-7-1)26-36-28-38(27-33-18-8-2-9-19-33)42-39(29-34-20-10-3-11-21-34)40(30-35-22-12-4-13-23-35)43(44-41(42)31-36)37-24-14-5-15-25-37/h1-25,28,31,43H,26-27,29-30H2. The number of hydrogen-bond acceptors (Lipinski definition) is 1. The van der Waals surface area contributed by atoms with Crippen LogP contribution in [0.4, 0.5) is 0 Å². The Morgan fingerprint density at radius 3 is 1.41 bits per heavy atom. The fourth-order valence-corrected chi connectivity index (χ4v) is 6.49. The van der Waals surface area contributed by atoms with Crippen molar-refractivity contribution in [2.75, 3.05) is 0 Å². The molecule has 0 saturated heterocycles. The molecule has 0 saturated carbocycles. The van der Waals surface area contributed by atoms with Crippen LogP contribution in [-0.4, -0.2) is 0 Å². The van der Waals surface area contributed by atoms with E-state index >= 15 is 0 Å². The number of rotatable bonds is 9. The van der Waals surface area contributed by atoms with Crippen LogP contribution in [0.5, 0.6) is 5.75 Å². The molecule has 0 aromatic heterocycles. The van der Waals surface area contributed by atoms with Gasteiger partial charge >= 0.3 is 0 Å². The van der Waals surface area contributed by atoms with Crippen LogP contribution >= 0.6 is 0 Å². The van der Waals surface area contributed by atoms with Gasteiger partial charge in [-0.25, -0.2) is 0 Å². The summed E-state index contributed by atoms with van der Waals surface area (Å²) in [7, 11) is 0. The summed E-state index contributed by atoms with van der Waals surface area (Å²) in [5.41, 5.74) is 13.0. The van der Waals surface area contributed by atoms with E-state index in [1.807, 2.05) is 0 Å². The Labute approximate surface area is 261 Å². The summed E-state index contributed by atoms with van der Waals surface area (Å²) in [6, 6.07) is 58.8. The Kier molecular flexibility index (Phi) is 8.19. The zero-order chi connectivity index (χ0) is 29.6. The van der Waals surface area contributed by atoms with Gasteiger partial charge in [0.25, 0.3) is 0 Å². The maximum atomic E-state index is 7.17. The second-order valence-electron chi connectivity index (χ2n) is 11.7. The minimum Gasteiger partial charge on any atom is -0.481 e. The van der Waals surface area contributed by atoms with E-state index in [-0.39, 0.29) is 6.10 Å². The molecule has 0 spiro atoms. The fraction of sp³-hybridized carbons (Fsp3) is 0.116. The molecule has 1 heteroatoms. The van der Waals surface area contributed by atoms with Gasteiger partial charge in [0.15, 0.2) is 0 Å². The van der Waals surface area contributed by atoms with Gasteiger partial charge in [-0.3, -0.25) is 0 Å². The molecule has 1 unspecified atom stereocenters. The van der Waals surface area contributed by atoms with E-state index in [1.54, 1.807) is 0 Å². The number of allylic oxidation sites excluding steroid dienone is 1. The van der Waals surface area contributed by atoms with Gasteiger partial charge in [0.1, 0.15) is 11.9 Å². The van der Waals surface area contributed by atoms with Crippen LogP contribution in [0.25, 0.3) is 5.57 Å². The summed E-state index contributed by atoms with van der Waals surface area (Å²) in [6.07, 6.45) is 3.23. The average Bonchev–Trinajstić information content (AvgIpc) is 3.08. The Morgan fingerprint density at radius 2 is 0.864 bits per heavy atom. The highest BCUT2D eigenvalue weighted by Crippen LogP contribution is 2.47. The van der Waals surface area contributed by atoms with Crippen molar-refractivity contribution in [3.05, 3.63) is 214 Å². The number of benzene rings is 6. The molecule has 0 bridgehead atoms. The Morgan fingerprint density at radius 1 is 0.409 bits per heavy atom. The lowest BCUT2D eigenvalue weighted by Crippen LogP contribution is -2.21. The number of hydrogen-bond donors (Lipinski definition) is 0. The molecule has 6 aromatic rings. The maximum absolute atomic E-state index is 7.17. The molecular weight excluding hydrogens is 532 g/mol. The lowest BCUT2D eigenvalue weighted by molar-refractivity contribution is 0.233. The minimum absolute atomic E-state index is 0.167. The van der Waals surface area contributed by atoms with Crippen molar-refractivity contribution >= 4 is 5.57 Å². The smallest absolute Gasteiger partial charge is 0.146 e. The van der Waals surface area contributed by atoms with Gasteiger partial charge in [-0.15, -0.1) is 0 Å². The van der Waals surface area contributed by atoms with Crippen molar-refractivity contribution in [1.29, 1.82) is 0 Å². The largest absolute Gasteiger partial charge is 0.481 e. The summed E-state index contributed by atoms with van der Waals surface area (Å²) >= 11 is 0. The normalized spacial score (nSPS) is 14.1. The molecule has 1 atom stereocenters. The van der Waals surface area contributed by atoms with Gasteiger partial charge in [-0.05, 0) is 81.8 Å². The Balaban J connectivity index is 1.45. The van der Waals surface area contributed by atoms with Crippen molar-refractivity contribution < 1.29 is 4.74 Å². The third-order valence-corrected chi connectivity index (χ3v) is 8.55. The first kappa shape index (κ1) is 27.7. The lowest BCUT2D eigenvalue weighted by Gasteiger charge is -2.34. The van der Waals surface area contributed by atoms with Crippen molar-refractivity contribution in [2.45, 2.75) is 31.8 Å². The summed E-state index contributed by atoms with van der Waals surface area (Å²) in [5.74, 6) is 0.987. The molecule has 0 radical (unpaired) electrons. The van der Waals surface area contributed by atoms with Gasteiger partial charge < -0.3 is 4.74 Å². The first-order valence-corrected chi connectivity index (χ1v) is 15.6.